The number of fused-ring (bicyclic) bond motifs is 1. The summed E-state index contributed by atoms with van der Waals surface area (Å²) in [6.45, 7) is 3.85. The SMILES string of the molecule is C=CCC(O)(c1ccc(OC)c(OC)c1OC)c1cccc2ccccc12. The Balaban J connectivity index is 2.34. The molecule has 3 aromatic rings. The molecule has 0 bridgehead atoms. The van der Waals surface area contributed by atoms with Crippen molar-refractivity contribution in [3.8, 4) is 17.2 Å². The van der Waals surface area contributed by atoms with Crippen LogP contribution in [0.1, 0.15) is 17.5 Å². The van der Waals surface area contributed by atoms with Gasteiger partial charge in [-0.15, -0.1) is 6.58 Å². The maximum Gasteiger partial charge on any atom is 0.203 e. The van der Waals surface area contributed by atoms with Crippen LogP contribution in [0.25, 0.3) is 10.8 Å². The predicted octanol–water partition coefficient (Wildman–Crippen LogP) is 4.68. The van der Waals surface area contributed by atoms with Gasteiger partial charge in [0, 0.05) is 12.0 Å². The minimum Gasteiger partial charge on any atom is -0.493 e. The summed E-state index contributed by atoms with van der Waals surface area (Å²) >= 11 is 0. The van der Waals surface area contributed by atoms with E-state index in [-0.39, 0.29) is 0 Å². The van der Waals surface area contributed by atoms with Crippen molar-refractivity contribution in [3.05, 3.63) is 78.4 Å². The van der Waals surface area contributed by atoms with Crippen molar-refractivity contribution in [2.45, 2.75) is 12.0 Å². The van der Waals surface area contributed by atoms with Gasteiger partial charge in [0.05, 0.1) is 21.3 Å². The first-order valence-electron chi connectivity index (χ1n) is 8.71. The van der Waals surface area contributed by atoms with Gasteiger partial charge in [0.1, 0.15) is 5.60 Å². The van der Waals surface area contributed by atoms with Gasteiger partial charge in [-0.1, -0.05) is 48.5 Å². The highest BCUT2D eigenvalue weighted by Crippen LogP contribution is 2.48. The summed E-state index contributed by atoms with van der Waals surface area (Å²) in [4.78, 5) is 0. The lowest BCUT2D eigenvalue weighted by atomic mass is 9.80. The molecule has 1 N–H and O–H groups in total. The standard InChI is InChI=1S/C23H24O4/c1-5-15-23(24,18-12-8-10-16-9-6-7-11-17(16)18)19-13-14-20(25-2)22(27-4)21(19)26-3/h5-14,24H,1,15H2,2-4H3. The lowest BCUT2D eigenvalue weighted by molar-refractivity contribution is 0.0821. The van der Waals surface area contributed by atoms with Crippen LogP contribution in [0.4, 0.5) is 0 Å². The van der Waals surface area contributed by atoms with Crippen LogP contribution in [0.15, 0.2) is 67.3 Å². The van der Waals surface area contributed by atoms with Gasteiger partial charge in [0.2, 0.25) is 5.75 Å². The first-order chi connectivity index (χ1) is 13.1. The van der Waals surface area contributed by atoms with E-state index in [4.69, 9.17) is 14.2 Å². The molecule has 0 amide bonds. The molecular formula is C23H24O4. The lowest BCUT2D eigenvalue weighted by Crippen LogP contribution is -2.28. The maximum atomic E-state index is 11.9. The number of ether oxygens (including phenoxy) is 3. The summed E-state index contributed by atoms with van der Waals surface area (Å²) in [5, 5.41) is 13.9. The molecule has 0 radical (unpaired) electrons. The largest absolute Gasteiger partial charge is 0.493 e. The molecule has 3 aromatic carbocycles. The van der Waals surface area contributed by atoms with Crippen molar-refractivity contribution in [1.82, 2.24) is 0 Å². The summed E-state index contributed by atoms with van der Waals surface area (Å²) in [5.41, 5.74) is 0.0398. The first kappa shape index (κ1) is 18.8. The number of methoxy groups -OCH3 is 3. The highest BCUT2D eigenvalue weighted by molar-refractivity contribution is 5.87. The monoisotopic (exact) mass is 364 g/mol. The number of hydrogen-bond donors (Lipinski definition) is 1. The van der Waals surface area contributed by atoms with E-state index in [1.54, 1.807) is 33.5 Å². The van der Waals surface area contributed by atoms with Crippen molar-refractivity contribution < 1.29 is 19.3 Å². The minimum atomic E-state index is -1.34. The zero-order valence-electron chi connectivity index (χ0n) is 15.9. The summed E-state index contributed by atoms with van der Waals surface area (Å²) in [5.74, 6) is 1.42. The van der Waals surface area contributed by atoms with Gasteiger partial charge in [-0.3, -0.25) is 0 Å². The molecule has 0 heterocycles. The zero-order valence-corrected chi connectivity index (χ0v) is 15.9. The summed E-state index contributed by atoms with van der Waals surface area (Å²) < 4.78 is 16.5. The van der Waals surface area contributed by atoms with Crippen LogP contribution in [-0.2, 0) is 5.60 Å². The number of aliphatic hydroxyl groups is 1. The molecule has 0 spiro atoms. The zero-order chi connectivity index (χ0) is 19.4. The van der Waals surface area contributed by atoms with E-state index >= 15 is 0 Å². The third-order valence-electron chi connectivity index (χ3n) is 4.82. The third-order valence-corrected chi connectivity index (χ3v) is 4.82. The molecule has 0 aliphatic heterocycles. The lowest BCUT2D eigenvalue weighted by Gasteiger charge is -2.31. The molecule has 3 rings (SSSR count). The fourth-order valence-electron chi connectivity index (χ4n) is 3.59. The number of hydrogen-bond acceptors (Lipinski definition) is 4. The average molecular weight is 364 g/mol. The fourth-order valence-corrected chi connectivity index (χ4v) is 3.59. The molecule has 27 heavy (non-hydrogen) atoms. The van der Waals surface area contributed by atoms with E-state index in [0.717, 1.165) is 16.3 Å². The summed E-state index contributed by atoms with van der Waals surface area (Å²) in [6, 6.07) is 17.5. The molecule has 140 valence electrons. The topological polar surface area (TPSA) is 47.9 Å². The molecule has 0 saturated carbocycles. The van der Waals surface area contributed by atoms with Crippen LogP contribution in [0, 0.1) is 0 Å². The molecule has 4 heteroatoms. The molecule has 0 aromatic heterocycles. The molecule has 0 saturated heterocycles. The molecule has 1 atom stereocenters. The van der Waals surface area contributed by atoms with Crippen LogP contribution in [-0.4, -0.2) is 26.4 Å². The highest BCUT2D eigenvalue weighted by Gasteiger charge is 2.36. The Bertz CT molecular complexity index is 958. The molecule has 0 fully saturated rings. The Morgan fingerprint density at radius 2 is 1.56 bits per heavy atom. The van der Waals surface area contributed by atoms with E-state index in [9.17, 15) is 5.11 Å². The van der Waals surface area contributed by atoms with Gasteiger partial charge in [-0.2, -0.15) is 0 Å². The Kier molecular flexibility index (Phi) is 5.38. The van der Waals surface area contributed by atoms with Crippen LogP contribution in [0.2, 0.25) is 0 Å². The van der Waals surface area contributed by atoms with Crippen molar-refractivity contribution in [2.75, 3.05) is 21.3 Å². The van der Waals surface area contributed by atoms with Gasteiger partial charge in [0.15, 0.2) is 11.5 Å². The Labute approximate surface area is 159 Å². The number of benzene rings is 3. The first-order valence-corrected chi connectivity index (χ1v) is 8.71. The third kappa shape index (κ3) is 3.13. The summed E-state index contributed by atoms with van der Waals surface area (Å²) in [7, 11) is 4.67. The van der Waals surface area contributed by atoms with E-state index in [1.807, 2.05) is 48.5 Å². The predicted molar refractivity (Wildman–Crippen MR) is 108 cm³/mol. The number of rotatable bonds is 7. The second-order valence-electron chi connectivity index (χ2n) is 6.26. The van der Waals surface area contributed by atoms with Gasteiger partial charge in [0.25, 0.3) is 0 Å². The van der Waals surface area contributed by atoms with Crippen LogP contribution in [0.3, 0.4) is 0 Å². The van der Waals surface area contributed by atoms with Crippen LogP contribution < -0.4 is 14.2 Å². The van der Waals surface area contributed by atoms with Crippen LogP contribution in [0.5, 0.6) is 17.2 Å². The molecule has 1 unspecified atom stereocenters. The summed E-state index contributed by atoms with van der Waals surface area (Å²) in [6.07, 6.45) is 2.02. The van der Waals surface area contributed by atoms with E-state index in [2.05, 4.69) is 6.58 Å². The maximum absolute atomic E-state index is 11.9. The fraction of sp³-hybridized carbons (Fsp3) is 0.217. The normalized spacial score (nSPS) is 13.0. The minimum absolute atomic E-state index is 0.312. The van der Waals surface area contributed by atoms with Crippen molar-refractivity contribution >= 4 is 10.8 Å². The molecule has 4 nitrogen and oxygen atoms in total. The van der Waals surface area contributed by atoms with Gasteiger partial charge < -0.3 is 19.3 Å². The van der Waals surface area contributed by atoms with Crippen molar-refractivity contribution in [2.24, 2.45) is 0 Å². The van der Waals surface area contributed by atoms with Gasteiger partial charge in [-0.05, 0) is 28.5 Å². The Hall–Kier alpha value is -2.98. The van der Waals surface area contributed by atoms with E-state index in [0.29, 0.717) is 29.2 Å². The molecule has 0 aliphatic carbocycles. The Morgan fingerprint density at radius 1 is 0.852 bits per heavy atom. The van der Waals surface area contributed by atoms with E-state index in [1.165, 1.54) is 0 Å². The van der Waals surface area contributed by atoms with Gasteiger partial charge >= 0.3 is 0 Å². The van der Waals surface area contributed by atoms with Crippen molar-refractivity contribution in [1.29, 1.82) is 0 Å². The van der Waals surface area contributed by atoms with Gasteiger partial charge in [-0.25, -0.2) is 0 Å². The molecular weight excluding hydrogens is 340 g/mol. The quantitative estimate of drug-likeness (QED) is 0.619. The molecule has 0 aliphatic rings. The van der Waals surface area contributed by atoms with E-state index < -0.39 is 5.60 Å². The smallest absolute Gasteiger partial charge is 0.203 e. The second kappa shape index (κ2) is 7.72. The van der Waals surface area contributed by atoms with Crippen molar-refractivity contribution in [3.63, 3.8) is 0 Å². The second-order valence-corrected chi connectivity index (χ2v) is 6.26. The highest BCUT2D eigenvalue weighted by atomic mass is 16.5. The van der Waals surface area contributed by atoms with Crippen LogP contribution >= 0.6 is 0 Å². The average Bonchev–Trinajstić information content (AvgIpc) is 2.72. The Morgan fingerprint density at radius 3 is 2.22 bits per heavy atom.